The molecule has 0 bridgehead atoms. The van der Waals surface area contributed by atoms with Crippen molar-refractivity contribution < 1.29 is 4.74 Å². The molecule has 3 atom stereocenters. The Balaban J connectivity index is 1.56. The third-order valence-electron chi connectivity index (χ3n) is 5.13. The van der Waals surface area contributed by atoms with Gasteiger partial charge in [0.2, 0.25) is 0 Å². The lowest BCUT2D eigenvalue weighted by molar-refractivity contribution is 0.0648. The first-order valence-corrected chi connectivity index (χ1v) is 8.03. The Morgan fingerprint density at radius 1 is 1.10 bits per heavy atom. The summed E-state index contributed by atoms with van der Waals surface area (Å²) in [6.45, 7) is 4.13. The predicted octanol–water partition coefficient (Wildman–Crippen LogP) is 2.20. The number of benzene rings is 1. The van der Waals surface area contributed by atoms with E-state index in [4.69, 9.17) is 4.74 Å². The molecule has 3 fully saturated rings. The zero-order chi connectivity index (χ0) is 13.4. The van der Waals surface area contributed by atoms with E-state index in [-0.39, 0.29) is 0 Å². The van der Waals surface area contributed by atoms with Gasteiger partial charge in [-0.05, 0) is 30.7 Å². The van der Waals surface area contributed by atoms with Crippen LogP contribution in [-0.2, 0) is 4.74 Å². The zero-order valence-electron chi connectivity index (χ0n) is 12.0. The van der Waals surface area contributed by atoms with Crippen LogP contribution in [0.3, 0.4) is 0 Å². The summed E-state index contributed by atoms with van der Waals surface area (Å²) in [5.74, 6) is 0.927. The summed E-state index contributed by atoms with van der Waals surface area (Å²) in [7, 11) is 0. The molecule has 4 rings (SSSR count). The Hall–Kier alpha value is -0.900. The number of nitrogens with one attached hydrogen (secondary N) is 1. The maximum Gasteiger partial charge on any atom is 0.0622 e. The van der Waals surface area contributed by atoms with Gasteiger partial charge in [0.15, 0.2) is 0 Å². The summed E-state index contributed by atoms with van der Waals surface area (Å²) >= 11 is 0. The van der Waals surface area contributed by atoms with Gasteiger partial charge in [-0.1, -0.05) is 30.3 Å². The van der Waals surface area contributed by atoms with Gasteiger partial charge in [0, 0.05) is 37.8 Å². The highest BCUT2D eigenvalue weighted by Crippen LogP contribution is 2.37. The highest BCUT2D eigenvalue weighted by atomic mass is 16.5. The minimum atomic E-state index is 0.512. The van der Waals surface area contributed by atoms with E-state index in [2.05, 4.69) is 40.5 Å². The monoisotopic (exact) mass is 272 g/mol. The smallest absolute Gasteiger partial charge is 0.0622 e. The second-order valence-electron chi connectivity index (χ2n) is 6.49. The summed E-state index contributed by atoms with van der Waals surface area (Å²) in [6, 6.07) is 12.8. The van der Waals surface area contributed by atoms with Gasteiger partial charge < -0.3 is 10.1 Å². The van der Waals surface area contributed by atoms with Gasteiger partial charge in [0.1, 0.15) is 0 Å². The van der Waals surface area contributed by atoms with E-state index >= 15 is 0 Å². The summed E-state index contributed by atoms with van der Waals surface area (Å²) in [5.41, 5.74) is 1.45. The Kier molecular flexibility index (Phi) is 3.51. The van der Waals surface area contributed by atoms with Crippen LogP contribution < -0.4 is 5.32 Å². The average molecular weight is 272 g/mol. The standard InChI is InChI=1S/C17H24N2O/c1-2-4-14(5-3-1)17-10-18-16(13-6-7-13)11-19(17)15-8-9-20-12-15/h1-5,13,15-18H,6-12H2. The van der Waals surface area contributed by atoms with Gasteiger partial charge in [-0.3, -0.25) is 4.90 Å². The molecule has 3 heteroatoms. The normalized spacial score (nSPS) is 35.3. The fourth-order valence-electron chi connectivity index (χ4n) is 3.79. The van der Waals surface area contributed by atoms with Crippen LogP contribution in [0.1, 0.15) is 30.9 Å². The molecule has 20 heavy (non-hydrogen) atoms. The molecule has 1 N–H and O–H groups in total. The van der Waals surface area contributed by atoms with Gasteiger partial charge in [-0.15, -0.1) is 0 Å². The van der Waals surface area contributed by atoms with Crippen molar-refractivity contribution in [2.75, 3.05) is 26.3 Å². The summed E-state index contributed by atoms with van der Waals surface area (Å²) in [5, 5.41) is 3.80. The number of hydrogen-bond donors (Lipinski definition) is 1. The Morgan fingerprint density at radius 2 is 1.95 bits per heavy atom. The summed E-state index contributed by atoms with van der Waals surface area (Å²) < 4.78 is 5.64. The lowest BCUT2D eigenvalue weighted by Gasteiger charge is -2.43. The minimum Gasteiger partial charge on any atom is -0.380 e. The number of hydrogen-bond acceptors (Lipinski definition) is 3. The molecule has 1 aromatic rings. The van der Waals surface area contributed by atoms with Crippen LogP contribution in [0.4, 0.5) is 0 Å². The van der Waals surface area contributed by atoms with Crippen LogP contribution in [0.15, 0.2) is 30.3 Å². The number of piperazine rings is 1. The third-order valence-corrected chi connectivity index (χ3v) is 5.13. The minimum absolute atomic E-state index is 0.512. The van der Waals surface area contributed by atoms with Crippen LogP contribution in [-0.4, -0.2) is 43.3 Å². The van der Waals surface area contributed by atoms with Crippen molar-refractivity contribution in [3.05, 3.63) is 35.9 Å². The van der Waals surface area contributed by atoms with Crippen molar-refractivity contribution in [1.29, 1.82) is 0 Å². The van der Waals surface area contributed by atoms with Crippen molar-refractivity contribution in [1.82, 2.24) is 10.2 Å². The van der Waals surface area contributed by atoms with Crippen molar-refractivity contribution in [2.45, 2.75) is 37.4 Å². The SMILES string of the molecule is c1ccc(C2CNC(C3CC3)CN2C2CCOC2)cc1. The lowest BCUT2D eigenvalue weighted by atomic mass is 9.97. The molecule has 1 aromatic carbocycles. The van der Waals surface area contributed by atoms with E-state index < -0.39 is 0 Å². The molecule has 2 saturated heterocycles. The largest absolute Gasteiger partial charge is 0.380 e. The van der Waals surface area contributed by atoms with Gasteiger partial charge in [0.25, 0.3) is 0 Å². The fourth-order valence-corrected chi connectivity index (χ4v) is 3.79. The topological polar surface area (TPSA) is 24.5 Å². The summed E-state index contributed by atoms with van der Waals surface area (Å²) in [4.78, 5) is 2.72. The van der Waals surface area contributed by atoms with Crippen molar-refractivity contribution >= 4 is 0 Å². The van der Waals surface area contributed by atoms with Crippen LogP contribution in [0.25, 0.3) is 0 Å². The molecule has 0 spiro atoms. The molecule has 3 nitrogen and oxygen atoms in total. The number of ether oxygens (including phenoxy) is 1. The average Bonchev–Trinajstić information content (AvgIpc) is 3.22. The molecule has 2 aliphatic heterocycles. The molecule has 2 heterocycles. The Morgan fingerprint density at radius 3 is 2.65 bits per heavy atom. The first-order valence-electron chi connectivity index (χ1n) is 8.03. The van der Waals surface area contributed by atoms with Crippen LogP contribution >= 0.6 is 0 Å². The molecule has 0 amide bonds. The molecule has 108 valence electrons. The predicted molar refractivity (Wildman–Crippen MR) is 79.6 cm³/mol. The summed E-state index contributed by atoms with van der Waals surface area (Å²) in [6.07, 6.45) is 4.03. The Labute approximate surface area is 121 Å². The third kappa shape index (κ3) is 2.50. The molecule has 1 saturated carbocycles. The number of rotatable bonds is 3. The van der Waals surface area contributed by atoms with E-state index in [0.717, 1.165) is 25.7 Å². The van der Waals surface area contributed by atoms with Crippen molar-refractivity contribution in [2.24, 2.45) is 5.92 Å². The lowest BCUT2D eigenvalue weighted by Crippen LogP contribution is -2.56. The van der Waals surface area contributed by atoms with E-state index in [9.17, 15) is 0 Å². The van der Waals surface area contributed by atoms with Gasteiger partial charge in [-0.25, -0.2) is 0 Å². The highest BCUT2D eigenvalue weighted by Gasteiger charge is 2.40. The quantitative estimate of drug-likeness (QED) is 0.913. The second kappa shape index (κ2) is 5.47. The van der Waals surface area contributed by atoms with E-state index in [1.807, 2.05) is 0 Å². The van der Waals surface area contributed by atoms with Crippen LogP contribution in [0.2, 0.25) is 0 Å². The molecule has 0 aromatic heterocycles. The molecule has 3 unspecified atom stereocenters. The van der Waals surface area contributed by atoms with E-state index in [0.29, 0.717) is 18.1 Å². The van der Waals surface area contributed by atoms with Gasteiger partial charge in [0.05, 0.1) is 6.61 Å². The number of nitrogens with zero attached hydrogens (tertiary/aromatic N) is 1. The van der Waals surface area contributed by atoms with E-state index in [1.165, 1.54) is 31.4 Å². The van der Waals surface area contributed by atoms with Crippen molar-refractivity contribution in [3.8, 4) is 0 Å². The van der Waals surface area contributed by atoms with Crippen LogP contribution in [0.5, 0.6) is 0 Å². The highest BCUT2D eigenvalue weighted by molar-refractivity contribution is 5.21. The molecular weight excluding hydrogens is 248 g/mol. The fraction of sp³-hybridized carbons (Fsp3) is 0.647. The van der Waals surface area contributed by atoms with Crippen molar-refractivity contribution in [3.63, 3.8) is 0 Å². The van der Waals surface area contributed by atoms with Crippen LogP contribution in [0, 0.1) is 5.92 Å². The maximum atomic E-state index is 5.64. The molecule has 1 aliphatic carbocycles. The van der Waals surface area contributed by atoms with Gasteiger partial charge in [-0.2, -0.15) is 0 Å². The Bertz CT molecular complexity index is 440. The second-order valence-corrected chi connectivity index (χ2v) is 6.49. The molecule has 3 aliphatic rings. The maximum absolute atomic E-state index is 5.64. The van der Waals surface area contributed by atoms with Gasteiger partial charge >= 0.3 is 0 Å². The van der Waals surface area contributed by atoms with E-state index in [1.54, 1.807) is 0 Å². The molecular formula is C17H24N2O. The first kappa shape index (κ1) is 12.8. The zero-order valence-corrected chi connectivity index (χ0v) is 12.0. The molecule has 0 radical (unpaired) electrons. The first-order chi connectivity index (χ1) is 9.92.